The molecule has 9 nitrogen and oxygen atoms in total. The molecule has 0 unspecified atom stereocenters. The lowest BCUT2D eigenvalue weighted by Crippen LogP contribution is -2.29. The molecule has 2 atom stereocenters. The molecular weight excluding hydrogens is 480 g/mol. The molecule has 1 aliphatic heterocycles. The molecule has 0 radical (unpaired) electrons. The summed E-state index contributed by atoms with van der Waals surface area (Å²) in [5, 5.41) is 15.1. The van der Waals surface area contributed by atoms with Gasteiger partial charge in [0.05, 0.1) is 42.5 Å². The summed E-state index contributed by atoms with van der Waals surface area (Å²) in [5.74, 6) is 2.19. The van der Waals surface area contributed by atoms with E-state index in [-0.39, 0.29) is 17.8 Å². The van der Waals surface area contributed by atoms with Gasteiger partial charge in [-0.1, -0.05) is 12.1 Å². The van der Waals surface area contributed by atoms with Gasteiger partial charge in [0.25, 0.3) is 5.69 Å². The third-order valence-electron chi connectivity index (χ3n) is 6.01. The number of nitrogens with one attached hydrogen (secondary N) is 1. The maximum Gasteiger partial charge on any atom is 0.273 e. The molecule has 3 heterocycles. The van der Waals surface area contributed by atoms with Crippen LogP contribution in [0.1, 0.15) is 23.5 Å². The van der Waals surface area contributed by atoms with E-state index in [1.807, 2.05) is 59.5 Å². The Morgan fingerprint density at radius 1 is 1.06 bits per heavy atom. The maximum atomic E-state index is 11.2. The molecule has 5 rings (SSSR count). The molecule has 0 aliphatic carbocycles. The summed E-state index contributed by atoms with van der Waals surface area (Å²) >= 11 is 5.76. The molecule has 0 spiro atoms. The molecule has 0 amide bonds. The molecule has 10 heteroatoms. The number of anilines is 1. The monoisotopic (exact) mass is 502 g/mol. The van der Waals surface area contributed by atoms with Crippen LogP contribution >= 0.6 is 12.2 Å². The van der Waals surface area contributed by atoms with Crippen LogP contribution in [0.3, 0.4) is 0 Å². The highest BCUT2D eigenvalue weighted by molar-refractivity contribution is 7.80. The number of aromatic nitrogens is 1. The first-order chi connectivity index (χ1) is 17.5. The summed E-state index contributed by atoms with van der Waals surface area (Å²) in [5.41, 5.74) is 2.18. The van der Waals surface area contributed by atoms with E-state index >= 15 is 0 Å². The van der Waals surface area contributed by atoms with Gasteiger partial charge in [-0.3, -0.25) is 15.1 Å². The highest BCUT2D eigenvalue weighted by Crippen LogP contribution is 2.44. The van der Waals surface area contributed by atoms with E-state index in [1.165, 1.54) is 19.2 Å². The normalized spacial score (nSPS) is 17.1. The minimum absolute atomic E-state index is 0.0628. The van der Waals surface area contributed by atoms with Crippen LogP contribution in [-0.2, 0) is 0 Å². The summed E-state index contributed by atoms with van der Waals surface area (Å²) in [7, 11) is 3.08. The molecule has 1 N–H and O–H groups in total. The SMILES string of the molecule is COc1cccc(N2C(=S)N[C@H](c3ccccn3)[C@H]2c2ccc(-c3ccc([N+](=O)[O-])cc3OC)o2)c1. The first kappa shape index (κ1) is 23.3. The summed E-state index contributed by atoms with van der Waals surface area (Å²) in [6.45, 7) is 0. The summed E-state index contributed by atoms with van der Waals surface area (Å²) in [6.07, 6.45) is 1.74. The van der Waals surface area contributed by atoms with Gasteiger partial charge in [0.2, 0.25) is 0 Å². The Labute approximate surface area is 212 Å². The lowest BCUT2D eigenvalue weighted by molar-refractivity contribution is -0.384. The summed E-state index contributed by atoms with van der Waals surface area (Å²) < 4.78 is 17.2. The quantitative estimate of drug-likeness (QED) is 0.201. The fourth-order valence-corrected chi connectivity index (χ4v) is 4.68. The van der Waals surface area contributed by atoms with Crippen LogP contribution in [0.2, 0.25) is 0 Å². The molecule has 1 fully saturated rings. The predicted octanol–water partition coefficient (Wildman–Crippen LogP) is 5.44. The first-order valence-corrected chi connectivity index (χ1v) is 11.5. The number of hydrogen-bond donors (Lipinski definition) is 1. The highest BCUT2D eigenvalue weighted by atomic mass is 32.1. The molecule has 182 valence electrons. The summed E-state index contributed by atoms with van der Waals surface area (Å²) in [4.78, 5) is 17.3. The summed E-state index contributed by atoms with van der Waals surface area (Å²) in [6, 6.07) is 20.8. The van der Waals surface area contributed by atoms with Crippen LogP contribution in [0.15, 0.2) is 83.4 Å². The zero-order valence-corrected chi connectivity index (χ0v) is 20.3. The smallest absolute Gasteiger partial charge is 0.273 e. The van der Waals surface area contributed by atoms with Crippen LogP contribution in [0.25, 0.3) is 11.3 Å². The van der Waals surface area contributed by atoms with Crippen LogP contribution in [-0.4, -0.2) is 29.2 Å². The van der Waals surface area contributed by atoms with Crippen molar-refractivity contribution < 1.29 is 18.8 Å². The van der Waals surface area contributed by atoms with Crippen molar-refractivity contribution in [3.8, 4) is 22.8 Å². The number of ether oxygens (including phenoxy) is 2. The van der Waals surface area contributed by atoms with Gasteiger partial charge in [-0.25, -0.2) is 0 Å². The molecule has 4 aromatic rings. The molecule has 0 saturated carbocycles. The number of furan rings is 1. The maximum absolute atomic E-state index is 11.2. The lowest BCUT2D eigenvalue weighted by Gasteiger charge is -2.26. The van der Waals surface area contributed by atoms with Crippen LogP contribution in [0.4, 0.5) is 11.4 Å². The van der Waals surface area contributed by atoms with Gasteiger partial charge in [0, 0.05) is 24.0 Å². The van der Waals surface area contributed by atoms with E-state index in [9.17, 15) is 10.1 Å². The second-order valence-electron chi connectivity index (χ2n) is 8.04. The van der Waals surface area contributed by atoms with Crippen LogP contribution in [0.5, 0.6) is 11.5 Å². The number of rotatable bonds is 7. The Morgan fingerprint density at radius 2 is 1.92 bits per heavy atom. The third-order valence-corrected chi connectivity index (χ3v) is 6.32. The van der Waals surface area contributed by atoms with E-state index in [0.29, 0.717) is 33.7 Å². The number of pyridine rings is 1. The Bertz CT molecular complexity index is 1420. The molecule has 1 aliphatic rings. The lowest BCUT2D eigenvalue weighted by atomic mass is 10.0. The number of thiocarbonyl (C=S) groups is 1. The van der Waals surface area contributed by atoms with E-state index in [0.717, 1.165) is 11.4 Å². The second-order valence-corrected chi connectivity index (χ2v) is 8.43. The average Bonchev–Trinajstić information content (AvgIpc) is 3.53. The van der Waals surface area contributed by atoms with Crippen molar-refractivity contribution in [2.45, 2.75) is 12.1 Å². The van der Waals surface area contributed by atoms with Gasteiger partial charge in [0.1, 0.15) is 29.1 Å². The topological polar surface area (TPSA) is 103 Å². The third kappa shape index (κ3) is 4.22. The molecule has 1 saturated heterocycles. The highest BCUT2D eigenvalue weighted by Gasteiger charge is 2.42. The van der Waals surface area contributed by atoms with Crippen molar-refractivity contribution >= 4 is 28.7 Å². The molecule has 0 bridgehead atoms. The van der Waals surface area contributed by atoms with Crippen molar-refractivity contribution in [3.05, 3.63) is 101 Å². The zero-order valence-electron chi connectivity index (χ0n) is 19.5. The number of methoxy groups -OCH3 is 2. The Kier molecular flexibility index (Phi) is 6.26. The fourth-order valence-electron chi connectivity index (χ4n) is 4.34. The van der Waals surface area contributed by atoms with Crippen LogP contribution in [0, 0.1) is 10.1 Å². The van der Waals surface area contributed by atoms with Gasteiger partial charge in [-0.2, -0.15) is 0 Å². The molecule has 2 aromatic heterocycles. The number of nitro groups is 1. The number of nitro benzene ring substituents is 1. The second kappa shape index (κ2) is 9.67. The van der Waals surface area contributed by atoms with E-state index in [1.54, 1.807) is 19.4 Å². The van der Waals surface area contributed by atoms with Gasteiger partial charge >= 0.3 is 0 Å². The zero-order chi connectivity index (χ0) is 25.2. The molecule has 2 aromatic carbocycles. The Morgan fingerprint density at radius 3 is 2.64 bits per heavy atom. The number of nitrogens with zero attached hydrogens (tertiary/aromatic N) is 3. The first-order valence-electron chi connectivity index (χ1n) is 11.1. The number of hydrogen-bond acceptors (Lipinski definition) is 7. The molecular formula is C26H22N4O5S. The van der Waals surface area contributed by atoms with Crippen molar-refractivity contribution in [1.82, 2.24) is 10.3 Å². The van der Waals surface area contributed by atoms with Crippen molar-refractivity contribution in [3.63, 3.8) is 0 Å². The van der Waals surface area contributed by atoms with Crippen molar-refractivity contribution in [2.24, 2.45) is 0 Å². The van der Waals surface area contributed by atoms with E-state index in [4.69, 9.17) is 26.1 Å². The Balaban J connectivity index is 1.60. The minimum Gasteiger partial charge on any atom is -0.497 e. The number of non-ortho nitro benzene ring substituents is 1. The largest absolute Gasteiger partial charge is 0.497 e. The Hall–Kier alpha value is -4.44. The van der Waals surface area contributed by atoms with Crippen molar-refractivity contribution in [1.29, 1.82) is 0 Å². The standard InChI is InChI=1S/C26H22N4O5S/c1-33-18-7-5-6-16(14-18)29-25(24(28-26(29)36)20-8-3-4-13-27-20)22-12-11-21(35-22)19-10-9-17(30(31)32)15-23(19)34-2/h3-15,24-25H,1-2H3,(H,28,36)/t24-,25-/m1/s1. The van der Waals surface area contributed by atoms with Gasteiger partial charge < -0.3 is 24.1 Å². The van der Waals surface area contributed by atoms with Crippen molar-refractivity contribution in [2.75, 3.05) is 19.1 Å². The predicted molar refractivity (Wildman–Crippen MR) is 138 cm³/mol. The van der Waals surface area contributed by atoms with E-state index in [2.05, 4.69) is 10.3 Å². The minimum atomic E-state index is -0.464. The average molecular weight is 503 g/mol. The van der Waals surface area contributed by atoms with Gasteiger partial charge in [0.15, 0.2) is 5.11 Å². The fraction of sp³-hybridized carbons (Fsp3) is 0.154. The van der Waals surface area contributed by atoms with Gasteiger partial charge in [-0.05, 0) is 54.7 Å². The van der Waals surface area contributed by atoms with Crippen LogP contribution < -0.4 is 19.7 Å². The van der Waals surface area contributed by atoms with Gasteiger partial charge in [-0.15, -0.1) is 0 Å². The number of benzene rings is 2. The van der Waals surface area contributed by atoms with E-state index < -0.39 is 4.92 Å². The molecule has 36 heavy (non-hydrogen) atoms.